The van der Waals surface area contributed by atoms with Crippen molar-refractivity contribution in [3.05, 3.63) is 157 Å². The molecule has 0 amide bonds. The molecule has 0 heterocycles. The first kappa shape index (κ1) is 22.9. The highest BCUT2D eigenvalue weighted by atomic mass is 35.5. The lowest BCUT2D eigenvalue weighted by Crippen LogP contribution is -2.14. The van der Waals surface area contributed by atoms with Crippen LogP contribution >= 0.6 is 11.6 Å². The molecule has 37 heavy (non-hydrogen) atoms. The first-order valence-corrected chi connectivity index (χ1v) is 12.7. The summed E-state index contributed by atoms with van der Waals surface area (Å²) in [6.45, 7) is 0. The van der Waals surface area contributed by atoms with Crippen LogP contribution in [0.2, 0.25) is 5.02 Å². The van der Waals surface area contributed by atoms with Gasteiger partial charge in [0, 0.05) is 22.7 Å². The van der Waals surface area contributed by atoms with Gasteiger partial charge in [0.05, 0.1) is 16.4 Å². The van der Waals surface area contributed by atoms with Crippen LogP contribution < -0.4 is 9.80 Å². The first-order chi connectivity index (χ1) is 18.3. The van der Waals surface area contributed by atoms with Crippen molar-refractivity contribution < 1.29 is 0 Å². The third kappa shape index (κ3) is 4.55. The van der Waals surface area contributed by atoms with Gasteiger partial charge in [-0.05, 0) is 71.4 Å². The summed E-state index contributed by atoms with van der Waals surface area (Å²) in [5, 5.41) is 3.06. The van der Waals surface area contributed by atoms with Crippen molar-refractivity contribution in [3.63, 3.8) is 0 Å². The van der Waals surface area contributed by atoms with E-state index in [9.17, 15) is 0 Å². The Morgan fingerprint density at radius 2 is 0.784 bits per heavy atom. The molecule has 2 nitrogen and oxygen atoms in total. The molecule has 0 aliphatic carbocycles. The quantitative estimate of drug-likeness (QED) is 0.226. The van der Waals surface area contributed by atoms with E-state index in [0.29, 0.717) is 5.02 Å². The Hall–Kier alpha value is -4.53. The van der Waals surface area contributed by atoms with Crippen LogP contribution in [0, 0.1) is 0 Å². The lowest BCUT2D eigenvalue weighted by atomic mass is 10.1. The third-order valence-corrected chi connectivity index (χ3v) is 6.86. The van der Waals surface area contributed by atoms with Gasteiger partial charge in [-0.15, -0.1) is 0 Å². The summed E-state index contributed by atoms with van der Waals surface area (Å²) in [6, 6.07) is 52.3. The van der Waals surface area contributed by atoms with E-state index in [0.717, 1.165) is 34.1 Å². The molecule has 0 spiro atoms. The van der Waals surface area contributed by atoms with Gasteiger partial charge in [-0.2, -0.15) is 0 Å². The summed E-state index contributed by atoms with van der Waals surface area (Å²) in [6.07, 6.45) is 0. The molecule has 0 atom stereocenters. The maximum absolute atomic E-state index is 7.33. The number of hydrogen-bond acceptors (Lipinski definition) is 2. The summed E-state index contributed by atoms with van der Waals surface area (Å²) in [5.74, 6) is 0. The maximum atomic E-state index is 7.33. The Morgan fingerprint density at radius 3 is 1.30 bits per heavy atom. The van der Waals surface area contributed by atoms with Crippen molar-refractivity contribution in [3.8, 4) is 0 Å². The van der Waals surface area contributed by atoms with Crippen LogP contribution in [0.25, 0.3) is 10.8 Å². The molecule has 0 aromatic heterocycles. The van der Waals surface area contributed by atoms with Crippen molar-refractivity contribution in [2.24, 2.45) is 0 Å². The van der Waals surface area contributed by atoms with E-state index in [4.69, 9.17) is 11.6 Å². The van der Waals surface area contributed by atoms with Crippen molar-refractivity contribution >= 4 is 56.5 Å². The number of anilines is 6. The number of benzene rings is 6. The van der Waals surface area contributed by atoms with Crippen LogP contribution in [-0.4, -0.2) is 0 Å². The Labute approximate surface area is 222 Å². The monoisotopic (exact) mass is 496 g/mol. The third-order valence-electron chi connectivity index (χ3n) is 6.47. The molecular weight excluding hydrogens is 472 g/mol. The van der Waals surface area contributed by atoms with Gasteiger partial charge in [0.15, 0.2) is 0 Å². The molecule has 0 N–H and O–H groups in total. The second-order valence-corrected chi connectivity index (χ2v) is 9.20. The molecule has 6 aromatic carbocycles. The average molecular weight is 497 g/mol. The summed E-state index contributed by atoms with van der Waals surface area (Å²) < 4.78 is 0. The summed E-state index contributed by atoms with van der Waals surface area (Å²) >= 11 is 7.33. The normalized spacial score (nSPS) is 10.8. The predicted molar refractivity (Wildman–Crippen MR) is 158 cm³/mol. The van der Waals surface area contributed by atoms with Gasteiger partial charge in [-0.1, -0.05) is 103 Å². The average Bonchev–Trinajstić information content (AvgIpc) is 2.97. The van der Waals surface area contributed by atoms with Gasteiger partial charge >= 0.3 is 0 Å². The van der Waals surface area contributed by atoms with Gasteiger partial charge in [0.25, 0.3) is 0 Å². The standard InChI is InChI=1S/C34H25ClN2/c35-34-32(36(28-15-4-1-5-16-28)29-17-6-2-7-18-29)21-12-22-33(34)37(30-19-8-3-9-20-30)31-24-23-26-13-10-11-14-27(26)25-31/h1-25H. The molecular formula is C34H25ClN2. The van der Waals surface area contributed by atoms with Crippen molar-refractivity contribution in [1.82, 2.24) is 0 Å². The Bertz CT molecular complexity index is 1590. The van der Waals surface area contributed by atoms with E-state index in [1.165, 1.54) is 10.8 Å². The molecule has 0 aliphatic rings. The number of para-hydroxylation sites is 3. The zero-order valence-electron chi connectivity index (χ0n) is 20.2. The van der Waals surface area contributed by atoms with Crippen LogP contribution in [0.4, 0.5) is 34.1 Å². The fourth-order valence-corrected chi connectivity index (χ4v) is 5.05. The van der Waals surface area contributed by atoms with Gasteiger partial charge in [-0.25, -0.2) is 0 Å². The Kier molecular flexibility index (Phi) is 6.33. The fourth-order valence-electron chi connectivity index (χ4n) is 4.75. The molecule has 178 valence electrons. The van der Waals surface area contributed by atoms with Gasteiger partial charge in [0.2, 0.25) is 0 Å². The summed E-state index contributed by atoms with van der Waals surface area (Å²) in [7, 11) is 0. The maximum Gasteiger partial charge on any atom is 0.0887 e. The Balaban J connectivity index is 1.55. The van der Waals surface area contributed by atoms with Crippen LogP contribution in [0.3, 0.4) is 0 Å². The second kappa shape index (κ2) is 10.2. The summed E-state index contributed by atoms with van der Waals surface area (Å²) in [4.78, 5) is 4.43. The van der Waals surface area contributed by atoms with Crippen LogP contribution in [0.5, 0.6) is 0 Å². The van der Waals surface area contributed by atoms with E-state index < -0.39 is 0 Å². The number of fused-ring (bicyclic) bond motifs is 1. The highest BCUT2D eigenvalue weighted by Gasteiger charge is 2.22. The highest BCUT2D eigenvalue weighted by molar-refractivity contribution is 6.36. The van der Waals surface area contributed by atoms with E-state index in [2.05, 4.69) is 119 Å². The minimum absolute atomic E-state index is 0.673. The van der Waals surface area contributed by atoms with Crippen LogP contribution in [0.15, 0.2) is 152 Å². The minimum atomic E-state index is 0.673. The van der Waals surface area contributed by atoms with E-state index in [1.54, 1.807) is 0 Å². The lowest BCUT2D eigenvalue weighted by molar-refractivity contribution is 1.25. The van der Waals surface area contributed by atoms with Gasteiger partial charge < -0.3 is 9.80 Å². The van der Waals surface area contributed by atoms with Crippen molar-refractivity contribution in [2.45, 2.75) is 0 Å². The fraction of sp³-hybridized carbons (Fsp3) is 0. The number of hydrogen-bond donors (Lipinski definition) is 0. The topological polar surface area (TPSA) is 6.48 Å². The Morgan fingerprint density at radius 1 is 0.351 bits per heavy atom. The molecule has 3 heteroatoms. The molecule has 0 unspecified atom stereocenters. The SMILES string of the molecule is Clc1c(N(c2ccccc2)c2ccccc2)cccc1N(c1ccccc1)c1ccc2ccccc2c1. The lowest BCUT2D eigenvalue weighted by Gasteiger charge is -2.31. The molecule has 0 fully saturated rings. The highest BCUT2D eigenvalue weighted by Crippen LogP contribution is 2.46. The van der Waals surface area contributed by atoms with Gasteiger partial charge in [-0.3, -0.25) is 0 Å². The molecule has 0 saturated carbocycles. The number of halogens is 1. The van der Waals surface area contributed by atoms with E-state index in [-0.39, 0.29) is 0 Å². The van der Waals surface area contributed by atoms with Crippen LogP contribution in [-0.2, 0) is 0 Å². The minimum Gasteiger partial charge on any atom is -0.309 e. The molecule has 0 bridgehead atoms. The summed E-state index contributed by atoms with van der Waals surface area (Å²) in [5.41, 5.74) is 6.02. The second-order valence-electron chi connectivity index (χ2n) is 8.82. The molecule has 6 aromatic rings. The predicted octanol–water partition coefficient (Wildman–Crippen LogP) is 10.4. The van der Waals surface area contributed by atoms with Gasteiger partial charge in [0.1, 0.15) is 0 Å². The van der Waals surface area contributed by atoms with E-state index in [1.807, 2.05) is 42.5 Å². The van der Waals surface area contributed by atoms with Crippen LogP contribution in [0.1, 0.15) is 0 Å². The molecule has 0 radical (unpaired) electrons. The van der Waals surface area contributed by atoms with E-state index >= 15 is 0 Å². The van der Waals surface area contributed by atoms with Crippen molar-refractivity contribution in [1.29, 1.82) is 0 Å². The zero-order valence-corrected chi connectivity index (χ0v) is 21.0. The number of rotatable bonds is 6. The molecule has 0 aliphatic heterocycles. The zero-order chi connectivity index (χ0) is 25.0. The smallest absolute Gasteiger partial charge is 0.0887 e. The molecule has 0 saturated heterocycles. The number of nitrogens with zero attached hydrogens (tertiary/aromatic N) is 2. The molecule has 6 rings (SSSR count). The first-order valence-electron chi connectivity index (χ1n) is 12.3. The largest absolute Gasteiger partial charge is 0.309 e. The van der Waals surface area contributed by atoms with Crippen molar-refractivity contribution in [2.75, 3.05) is 9.80 Å².